The number of anilines is 1. The average Bonchev–Trinajstić information content (AvgIpc) is 3.22. The van der Waals surface area contributed by atoms with Crippen LogP contribution in [-0.2, 0) is 11.3 Å². The predicted octanol–water partition coefficient (Wildman–Crippen LogP) is 4.56. The first-order valence-electron chi connectivity index (χ1n) is 10.5. The molecule has 10 nitrogen and oxygen atoms in total. The summed E-state index contributed by atoms with van der Waals surface area (Å²) in [5, 5.41) is 25.5. The molecule has 182 valence electrons. The molecule has 12 heteroatoms. The molecule has 0 radical (unpaired) electrons. The van der Waals surface area contributed by atoms with Gasteiger partial charge in [0.1, 0.15) is 0 Å². The summed E-state index contributed by atoms with van der Waals surface area (Å²) in [6.07, 6.45) is 1.66. The van der Waals surface area contributed by atoms with Crippen LogP contribution in [0.1, 0.15) is 34.7 Å². The normalized spacial score (nSPS) is 11.5. The summed E-state index contributed by atoms with van der Waals surface area (Å²) in [5.74, 6) is -0.196. The third-order valence-electron chi connectivity index (χ3n) is 4.84. The molecule has 0 aliphatic carbocycles. The highest BCUT2D eigenvalue weighted by Gasteiger charge is 2.21. The first-order chi connectivity index (χ1) is 16.7. The van der Waals surface area contributed by atoms with Gasteiger partial charge in [0, 0.05) is 24.2 Å². The minimum Gasteiger partial charge on any atom is -0.342 e. The van der Waals surface area contributed by atoms with Crippen molar-refractivity contribution in [2.75, 3.05) is 11.1 Å². The number of nitrogens with zero attached hydrogens (tertiary/aromatic N) is 4. The zero-order valence-corrected chi connectivity index (χ0v) is 20.6. The van der Waals surface area contributed by atoms with Crippen molar-refractivity contribution in [1.29, 1.82) is 0 Å². The van der Waals surface area contributed by atoms with Crippen molar-refractivity contribution in [1.82, 2.24) is 20.1 Å². The Bertz CT molecular complexity index is 1280. The monoisotopic (exact) mass is 514 g/mol. The number of nitro groups is 1. The van der Waals surface area contributed by atoms with Gasteiger partial charge in [-0.15, -0.1) is 16.8 Å². The molecule has 0 aliphatic rings. The number of halogens is 1. The molecular weight excluding hydrogens is 492 g/mol. The van der Waals surface area contributed by atoms with Gasteiger partial charge in [0.2, 0.25) is 5.91 Å². The molecule has 0 bridgehead atoms. The van der Waals surface area contributed by atoms with E-state index in [1.54, 1.807) is 29.7 Å². The van der Waals surface area contributed by atoms with Crippen LogP contribution >= 0.6 is 23.4 Å². The van der Waals surface area contributed by atoms with Crippen molar-refractivity contribution in [2.24, 2.45) is 0 Å². The van der Waals surface area contributed by atoms with Gasteiger partial charge in [0.15, 0.2) is 11.0 Å². The molecule has 2 amide bonds. The minimum absolute atomic E-state index is 0.0433. The predicted molar refractivity (Wildman–Crippen MR) is 135 cm³/mol. The van der Waals surface area contributed by atoms with Crippen LogP contribution in [0, 0.1) is 17.0 Å². The number of nitro benzene ring substituents is 1. The molecule has 0 spiro atoms. The molecule has 1 heterocycles. The van der Waals surface area contributed by atoms with Gasteiger partial charge in [-0.25, -0.2) is 0 Å². The molecule has 35 heavy (non-hydrogen) atoms. The Morgan fingerprint density at radius 3 is 2.74 bits per heavy atom. The van der Waals surface area contributed by atoms with E-state index >= 15 is 0 Å². The van der Waals surface area contributed by atoms with Gasteiger partial charge < -0.3 is 15.2 Å². The number of aromatic nitrogens is 3. The highest BCUT2D eigenvalue weighted by atomic mass is 35.5. The Morgan fingerprint density at radius 1 is 1.29 bits per heavy atom. The fourth-order valence-corrected chi connectivity index (χ4v) is 4.12. The Balaban J connectivity index is 1.68. The number of aryl methyl sites for hydroxylation is 1. The summed E-state index contributed by atoms with van der Waals surface area (Å²) in [7, 11) is 0. The molecule has 3 aromatic rings. The van der Waals surface area contributed by atoms with Crippen molar-refractivity contribution in [3.8, 4) is 0 Å². The lowest BCUT2D eigenvalue weighted by Gasteiger charge is -2.15. The summed E-state index contributed by atoms with van der Waals surface area (Å²) in [6.45, 7) is 7.83. The van der Waals surface area contributed by atoms with E-state index in [4.69, 9.17) is 11.6 Å². The van der Waals surface area contributed by atoms with E-state index in [0.717, 1.165) is 17.3 Å². The lowest BCUT2D eigenvalue weighted by atomic mass is 10.1. The van der Waals surface area contributed by atoms with Crippen molar-refractivity contribution in [3.05, 3.63) is 87.2 Å². The van der Waals surface area contributed by atoms with Crippen LogP contribution in [0.4, 0.5) is 11.4 Å². The molecule has 1 aromatic heterocycles. The summed E-state index contributed by atoms with van der Waals surface area (Å²) in [6, 6.07) is 10.6. The van der Waals surface area contributed by atoms with Gasteiger partial charge >= 0.3 is 0 Å². The van der Waals surface area contributed by atoms with Crippen LogP contribution in [0.15, 0.2) is 60.3 Å². The topological polar surface area (TPSA) is 132 Å². The van der Waals surface area contributed by atoms with Gasteiger partial charge in [-0.2, -0.15) is 0 Å². The Morgan fingerprint density at radius 2 is 2.06 bits per heavy atom. The smallest absolute Gasteiger partial charge is 0.271 e. The number of carbonyl (C=O) groups excluding carboxylic acids is 2. The zero-order chi connectivity index (χ0) is 25.5. The molecule has 0 aliphatic heterocycles. The summed E-state index contributed by atoms with van der Waals surface area (Å²) >= 11 is 7.17. The van der Waals surface area contributed by atoms with Gasteiger partial charge in [-0.05, 0) is 32.0 Å². The van der Waals surface area contributed by atoms with Crippen LogP contribution in [0.25, 0.3) is 0 Å². The third-order valence-corrected chi connectivity index (χ3v) is 6.14. The SMILES string of the molecule is C=CCn1c(SCC(=O)Nc2cc([N+](=O)[O-])ccc2Cl)nnc1[C@@H](C)NC(=O)c1cccc(C)c1. The largest absolute Gasteiger partial charge is 0.342 e. The highest BCUT2D eigenvalue weighted by molar-refractivity contribution is 7.99. The lowest BCUT2D eigenvalue weighted by molar-refractivity contribution is -0.384. The van der Waals surface area contributed by atoms with Crippen molar-refractivity contribution < 1.29 is 14.5 Å². The average molecular weight is 515 g/mol. The fraction of sp³-hybridized carbons (Fsp3) is 0.217. The molecule has 0 saturated carbocycles. The van der Waals surface area contributed by atoms with Crippen LogP contribution in [0.5, 0.6) is 0 Å². The van der Waals surface area contributed by atoms with E-state index in [2.05, 4.69) is 27.4 Å². The third kappa shape index (κ3) is 6.67. The second-order valence-corrected chi connectivity index (χ2v) is 8.91. The van der Waals surface area contributed by atoms with Crippen molar-refractivity contribution >= 4 is 46.6 Å². The van der Waals surface area contributed by atoms with Crippen LogP contribution in [0.3, 0.4) is 0 Å². The molecule has 0 saturated heterocycles. The molecule has 2 aromatic carbocycles. The van der Waals surface area contributed by atoms with E-state index < -0.39 is 16.9 Å². The Labute approximate surface area is 210 Å². The van der Waals surface area contributed by atoms with E-state index in [1.165, 1.54) is 18.2 Å². The molecular formula is C23H23ClN6O4S. The summed E-state index contributed by atoms with van der Waals surface area (Å²) in [4.78, 5) is 35.5. The number of hydrogen-bond acceptors (Lipinski definition) is 7. The van der Waals surface area contributed by atoms with Crippen LogP contribution < -0.4 is 10.6 Å². The second kappa shape index (κ2) is 11.6. The standard InChI is InChI=1S/C23H23ClN6O4S/c1-4-10-29-21(15(3)25-22(32)16-7-5-6-14(2)11-16)27-28-23(29)35-13-20(31)26-19-12-17(30(33)34)8-9-18(19)24/h4-9,11-12,15H,1,10,13H2,2-3H3,(H,25,32)(H,26,31)/t15-/m1/s1. The number of amides is 2. The summed E-state index contributed by atoms with van der Waals surface area (Å²) in [5.41, 5.74) is 1.47. The molecule has 2 N–H and O–H groups in total. The first-order valence-corrected chi connectivity index (χ1v) is 11.8. The van der Waals surface area contributed by atoms with E-state index in [0.29, 0.717) is 23.1 Å². The number of carbonyl (C=O) groups is 2. The van der Waals surface area contributed by atoms with Crippen molar-refractivity contribution in [2.45, 2.75) is 31.6 Å². The first kappa shape index (κ1) is 25.9. The molecule has 3 rings (SSSR count). The number of benzene rings is 2. The molecule has 0 fully saturated rings. The number of allylic oxidation sites excluding steroid dienone is 1. The molecule has 0 unspecified atom stereocenters. The van der Waals surface area contributed by atoms with Gasteiger partial charge in [-0.1, -0.05) is 47.1 Å². The number of hydrogen-bond donors (Lipinski definition) is 2. The second-order valence-electron chi connectivity index (χ2n) is 7.56. The lowest BCUT2D eigenvalue weighted by Crippen LogP contribution is -2.29. The van der Waals surface area contributed by atoms with Gasteiger partial charge in [0.05, 0.1) is 27.4 Å². The maximum Gasteiger partial charge on any atom is 0.271 e. The Hall–Kier alpha value is -3.70. The van der Waals surface area contributed by atoms with Crippen LogP contribution in [-0.4, -0.2) is 37.3 Å². The minimum atomic E-state index is -0.571. The van der Waals surface area contributed by atoms with E-state index in [9.17, 15) is 19.7 Å². The Kier molecular flexibility index (Phi) is 8.61. The number of non-ortho nitro benzene ring substituents is 1. The zero-order valence-electron chi connectivity index (χ0n) is 19.0. The van der Waals surface area contributed by atoms with Gasteiger partial charge in [0.25, 0.3) is 11.6 Å². The molecule has 1 atom stereocenters. The van der Waals surface area contributed by atoms with Crippen LogP contribution in [0.2, 0.25) is 5.02 Å². The maximum absolute atomic E-state index is 12.6. The number of rotatable bonds is 10. The highest BCUT2D eigenvalue weighted by Crippen LogP contribution is 2.27. The quantitative estimate of drug-likeness (QED) is 0.175. The maximum atomic E-state index is 12.6. The fourth-order valence-electron chi connectivity index (χ4n) is 3.20. The van der Waals surface area contributed by atoms with Crippen molar-refractivity contribution in [3.63, 3.8) is 0 Å². The van der Waals surface area contributed by atoms with E-state index in [-0.39, 0.29) is 28.1 Å². The van der Waals surface area contributed by atoms with E-state index in [1.807, 2.05) is 19.1 Å². The number of nitrogens with one attached hydrogen (secondary N) is 2. The summed E-state index contributed by atoms with van der Waals surface area (Å²) < 4.78 is 1.76. The van der Waals surface area contributed by atoms with Gasteiger partial charge in [-0.3, -0.25) is 19.7 Å². The number of thioether (sulfide) groups is 1.